The number of rotatable bonds is 3. The number of fused-ring (bicyclic) bond motifs is 1. The molecule has 102 valence electrons. The van der Waals surface area contributed by atoms with Crippen molar-refractivity contribution in [1.82, 2.24) is 10.6 Å². The molecule has 1 fully saturated rings. The van der Waals surface area contributed by atoms with E-state index in [0.717, 1.165) is 32.5 Å². The molecule has 1 saturated heterocycles. The summed E-state index contributed by atoms with van der Waals surface area (Å²) in [4.78, 5) is 12.2. The van der Waals surface area contributed by atoms with Crippen LogP contribution in [0.3, 0.4) is 0 Å². The summed E-state index contributed by atoms with van der Waals surface area (Å²) in [6, 6.07) is 8.42. The van der Waals surface area contributed by atoms with Gasteiger partial charge in [-0.2, -0.15) is 0 Å². The lowest BCUT2D eigenvalue weighted by molar-refractivity contribution is -0.124. The van der Waals surface area contributed by atoms with E-state index < -0.39 is 0 Å². The Morgan fingerprint density at radius 1 is 1.26 bits per heavy atom. The van der Waals surface area contributed by atoms with Gasteiger partial charge in [0.15, 0.2) is 0 Å². The van der Waals surface area contributed by atoms with Crippen LogP contribution in [-0.4, -0.2) is 25.5 Å². The number of amides is 1. The van der Waals surface area contributed by atoms with Crippen LogP contribution >= 0.6 is 0 Å². The quantitative estimate of drug-likeness (QED) is 0.863. The summed E-state index contributed by atoms with van der Waals surface area (Å²) in [6.07, 6.45) is 4.28. The van der Waals surface area contributed by atoms with Gasteiger partial charge in [0.25, 0.3) is 0 Å². The second kappa shape index (κ2) is 5.74. The lowest BCUT2D eigenvalue weighted by atomic mass is 9.99. The van der Waals surface area contributed by atoms with Crippen molar-refractivity contribution in [1.29, 1.82) is 0 Å². The number of piperidine rings is 1. The van der Waals surface area contributed by atoms with Crippen LogP contribution in [0, 0.1) is 11.8 Å². The fraction of sp³-hybridized carbons (Fsp3) is 0.562. The van der Waals surface area contributed by atoms with E-state index in [1.54, 1.807) is 0 Å². The highest BCUT2D eigenvalue weighted by Crippen LogP contribution is 2.26. The Balaban J connectivity index is 1.49. The fourth-order valence-corrected chi connectivity index (χ4v) is 3.23. The zero-order valence-corrected chi connectivity index (χ0v) is 11.3. The van der Waals surface area contributed by atoms with E-state index in [2.05, 4.69) is 34.9 Å². The van der Waals surface area contributed by atoms with E-state index in [1.807, 2.05) is 0 Å². The fourth-order valence-electron chi connectivity index (χ4n) is 3.23. The third-order valence-electron chi connectivity index (χ3n) is 4.39. The normalized spacial score (nSPS) is 23.1. The van der Waals surface area contributed by atoms with Crippen LogP contribution in [0.1, 0.15) is 24.0 Å². The first-order valence-corrected chi connectivity index (χ1v) is 7.38. The highest BCUT2D eigenvalue weighted by Gasteiger charge is 2.27. The molecule has 1 aromatic rings. The first-order valence-electron chi connectivity index (χ1n) is 7.38. The monoisotopic (exact) mass is 258 g/mol. The molecule has 1 amide bonds. The Hall–Kier alpha value is -1.35. The van der Waals surface area contributed by atoms with Gasteiger partial charge in [0.1, 0.15) is 0 Å². The van der Waals surface area contributed by atoms with E-state index in [0.29, 0.717) is 5.92 Å². The molecule has 3 rings (SSSR count). The summed E-state index contributed by atoms with van der Waals surface area (Å²) in [5.74, 6) is 0.997. The van der Waals surface area contributed by atoms with Gasteiger partial charge in [-0.1, -0.05) is 24.3 Å². The van der Waals surface area contributed by atoms with Crippen LogP contribution in [0.4, 0.5) is 0 Å². The Kier molecular flexibility index (Phi) is 3.83. The molecule has 0 radical (unpaired) electrons. The first kappa shape index (κ1) is 12.7. The number of carbonyl (C=O) groups is 1. The average molecular weight is 258 g/mol. The van der Waals surface area contributed by atoms with E-state index >= 15 is 0 Å². The zero-order valence-electron chi connectivity index (χ0n) is 11.3. The molecule has 1 aliphatic heterocycles. The Morgan fingerprint density at radius 3 is 2.63 bits per heavy atom. The topological polar surface area (TPSA) is 41.1 Å². The third kappa shape index (κ3) is 2.98. The highest BCUT2D eigenvalue weighted by atomic mass is 16.1. The van der Waals surface area contributed by atoms with Crippen molar-refractivity contribution >= 4 is 5.91 Å². The van der Waals surface area contributed by atoms with Crippen LogP contribution in [0.25, 0.3) is 0 Å². The molecule has 1 heterocycles. The van der Waals surface area contributed by atoms with Gasteiger partial charge in [-0.3, -0.25) is 4.79 Å². The van der Waals surface area contributed by atoms with Crippen molar-refractivity contribution in [2.75, 3.05) is 19.6 Å². The van der Waals surface area contributed by atoms with Gasteiger partial charge in [-0.15, -0.1) is 0 Å². The molecule has 0 saturated carbocycles. The summed E-state index contributed by atoms with van der Waals surface area (Å²) in [7, 11) is 0. The van der Waals surface area contributed by atoms with Gasteiger partial charge < -0.3 is 10.6 Å². The summed E-state index contributed by atoms with van der Waals surface area (Å²) in [6.45, 7) is 3.01. The molecule has 1 aliphatic carbocycles. The molecule has 1 atom stereocenters. The molecule has 2 N–H and O–H groups in total. The number of carbonyl (C=O) groups excluding carboxylic acids is 1. The number of hydrogen-bond acceptors (Lipinski definition) is 2. The maximum atomic E-state index is 12.2. The number of nitrogens with one attached hydrogen (secondary N) is 2. The van der Waals surface area contributed by atoms with Crippen LogP contribution < -0.4 is 10.6 Å². The van der Waals surface area contributed by atoms with E-state index in [1.165, 1.54) is 24.0 Å². The Labute approximate surface area is 114 Å². The van der Waals surface area contributed by atoms with Crippen molar-refractivity contribution < 1.29 is 4.79 Å². The smallest absolute Gasteiger partial charge is 0.223 e. The first-order chi connectivity index (χ1) is 9.33. The molecule has 2 aliphatic rings. The zero-order chi connectivity index (χ0) is 13.1. The van der Waals surface area contributed by atoms with Crippen molar-refractivity contribution in [2.45, 2.75) is 25.7 Å². The standard InChI is InChI=1S/C16H22N2O/c19-16(18-11-12-4-3-7-17-10-12)15-8-13-5-1-2-6-14(13)9-15/h1-2,5-6,12,15,17H,3-4,7-11H2,(H,18,19). The molecule has 0 bridgehead atoms. The number of hydrogen-bond donors (Lipinski definition) is 2. The minimum Gasteiger partial charge on any atom is -0.356 e. The van der Waals surface area contributed by atoms with Crippen LogP contribution in [-0.2, 0) is 17.6 Å². The van der Waals surface area contributed by atoms with Crippen LogP contribution in [0.2, 0.25) is 0 Å². The summed E-state index contributed by atoms with van der Waals surface area (Å²) in [5, 5.41) is 6.54. The van der Waals surface area contributed by atoms with Gasteiger partial charge in [-0.05, 0) is 55.8 Å². The summed E-state index contributed by atoms with van der Waals surface area (Å²) in [5.41, 5.74) is 2.70. The average Bonchev–Trinajstić information content (AvgIpc) is 2.90. The molecular formula is C16H22N2O. The maximum Gasteiger partial charge on any atom is 0.223 e. The lowest BCUT2D eigenvalue weighted by Crippen LogP contribution is -2.40. The molecule has 3 nitrogen and oxygen atoms in total. The van der Waals surface area contributed by atoms with Crippen LogP contribution in [0.15, 0.2) is 24.3 Å². The predicted octanol–water partition coefficient (Wildman–Crippen LogP) is 1.52. The Bertz CT molecular complexity index is 427. The maximum absolute atomic E-state index is 12.2. The van der Waals surface area contributed by atoms with E-state index in [9.17, 15) is 4.79 Å². The van der Waals surface area contributed by atoms with Crippen molar-refractivity contribution in [3.05, 3.63) is 35.4 Å². The Morgan fingerprint density at radius 2 is 2.00 bits per heavy atom. The second-order valence-corrected chi connectivity index (χ2v) is 5.83. The molecule has 0 spiro atoms. The minimum absolute atomic E-state index is 0.147. The molecule has 19 heavy (non-hydrogen) atoms. The number of benzene rings is 1. The summed E-state index contributed by atoms with van der Waals surface area (Å²) >= 11 is 0. The molecule has 0 aromatic heterocycles. The molecule has 1 unspecified atom stereocenters. The lowest BCUT2D eigenvalue weighted by Gasteiger charge is -2.23. The van der Waals surface area contributed by atoms with Gasteiger partial charge in [0, 0.05) is 12.5 Å². The van der Waals surface area contributed by atoms with Crippen molar-refractivity contribution in [2.24, 2.45) is 11.8 Å². The molecule has 3 heteroatoms. The second-order valence-electron chi connectivity index (χ2n) is 5.83. The third-order valence-corrected chi connectivity index (χ3v) is 4.39. The van der Waals surface area contributed by atoms with E-state index in [4.69, 9.17) is 0 Å². The van der Waals surface area contributed by atoms with Gasteiger partial charge in [-0.25, -0.2) is 0 Å². The largest absolute Gasteiger partial charge is 0.356 e. The van der Waals surface area contributed by atoms with E-state index in [-0.39, 0.29) is 11.8 Å². The highest BCUT2D eigenvalue weighted by molar-refractivity contribution is 5.80. The van der Waals surface area contributed by atoms with Crippen molar-refractivity contribution in [3.8, 4) is 0 Å². The van der Waals surface area contributed by atoms with Gasteiger partial charge in [0.2, 0.25) is 5.91 Å². The van der Waals surface area contributed by atoms with Crippen LogP contribution in [0.5, 0.6) is 0 Å². The van der Waals surface area contributed by atoms with Gasteiger partial charge in [0.05, 0.1) is 0 Å². The molecular weight excluding hydrogens is 236 g/mol. The SMILES string of the molecule is O=C(NCC1CCCNC1)C1Cc2ccccc2C1. The molecule has 1 aromatic carbocycles. The van der Waals surface area contributed by atoms with Crippen molar-refractivity contribution in [3.63, 3.8) is 0 Å². The summed E-state index contributed by atoms with van der Waals surface area (Å²) < 4.78 is 0. The predicted molar refractivity (Wildman–Crippen MR) is 75.9 cm³/mol. The van der Waals surface area contributed by atoms with Gasteiger partial charge >= 0.3 is 0 Å². The minimum atomic E-state index is 0.147.